The molecule has 0 N–H and O–H groups in total. The van der Waals surface area contributed by atoms with E-state index in [0.29, 0.717) is 17.6 Å². The Kier molecular flexibility index (Phi) is 3.19. The molecule has 0 unspecified atom stereocenters. The van der Waals surface area contributed by atoms with Crippen molar-refractivity contribution < 1.29 is 4.79 Å². The third-order valence-electron chi connectivity index (χ3n) is 5.03. The summed E-state index contributed by atoms with van der Waals surface area (Å²) in [5.74, 6) is 1.50. The second-order valence-electron chi connectivity index (χ2n) is 6.08. The first-order chi connectivity index (χ1) is 9.04. The molecule has 0 saturated heterocycles. The van der Waals surface area contributed by atoms with Crippen molar-refractivity contribution in [1.29, 1.82) is 0 Å². The van der Waals surface area contributed by atoms with Crippen LogP contribution in [0.25, 0.3) is 0 Å². The van der Waals surface area contributed by atoms with Crippen LogP contribution in [0, 0.1) is 17.3 Å². The van der Waals surface area contributed by atoms with Crippen LogP contribution in [0.2, 0.25) is 4.82 Å². The molecule has 2 bridgehead atoms. The predicted molar refractivity (Wildman–Crippen MR) is 79.7 cm³/mol. The normalized spacial score (nSPS) is 37.7. The third kappa shape index (κ3) is 1.93. The molecule has 1 nitrogen and oxygen atoms in total. The molecule has 1 aromatic carbocycles. The maximum absolute atomic E-state index is 12.9. The van der Waals surface area contributed by atoms with E-state index in [1.165, 1.54) is 10.0 Å². The van der Waals surface area contributed by atoms with Crippen LogP contribution < -0.4 is 4.46 Å². The Morgan fingerprint density at radius 1 is 1.32 bits per heavy atom. The van der Waals surface area contributed by atoms with Gasteiger partial charge in [-0.05, 0) is 0 Å². The molecule has 100 valence electrons. The van der Waals surface area contributed by atoms with E-state index in [1.54, 1.807) is 0 Å². The van der Waals surface area contributed by atoms with Crippen molar-refractivity contribution in [2.24, 2.45) is 17.3 Å². The van der Waals surface area contributed by atoms with Crippen LogP contribution in [0.15, 0.2) is 42.5 Å². The molecule has 0 radical (unpaired) electrons. The molecular weight excluding hydrogens is 299 g/mol. The van der Waals surface area contributed by atoms with Crippen molar-refractivity contribution in [3.8, 4) is 0 Å². The Morgan fingerprint density at radius 3 is 2.68 bits per heavy atom. The molecule has 2 heteroatoms. The molecule has 2 saturated carbocycles. The number of allylic oxidation sites excluding steroid dienone is 1. The van der Waals surface area contributed by atoms with E-state index in [9.17, 15) is 4.79 Å². The van der Waals surface area contributed by atoms with Crippen LogP contribution in [0.4, 0.5) is 0 Å². The molecule has 0 heterocycles. The number of benzene rings is 1. The number of fused-ring (bicyclic) bond motifs is 2. The van der Waals surface area contributed by atoms with E-state index < -0.39 is 0 Å². The van der Waals surface area contributed by atoms with Crippen LogP contribution in [0.3, 0.4) is 0 Å². The number of ketones is 1. The first-order valence-corrected chi connectivity index (χ1v) is 8.84. The summed E-state index contributed by atoms with van der Waals surface area (Å²) in [7, 11) is 0. The fraction of sp³-hybridized carbons (Fsp3) is 0.471. The second-order valence-corrected chi connectivity index (χ2v) is 8.63. The zero-order chi connectivity index (χ0) is 13.6. The number of carbonyl (C=O) groups is 1. The van der Waals surface area contributed by atoms with Crippen LogP contribution in [-0.2, 0) is 4.79 Å². The molecule has 2 fully saturated rings. The van der Waals surface area contributed by atoms with Crippen LogP contribution in [0.1, 0.15) is 26.7 Å². The molecule has 3 rings (SSSR count). The summed E-state index contributed by atoms with van der Waals surface area (Å²) < 4.78 is 1.34. The van der Waals surface area contributed by atoms with Crippen LogP contribution in [-0.4, -0.2) is 20.7 Å². The van der Waals surface area contributed by atoms with Gasteiger partial charge in [0.15, 0.2) is 0 Å². The zero-order valence-electron chi connectivity index (χ0n) is 11.6. The van der Waals surface area contributed by atoms with Crippen molar-refractivity contribution in [2.75, 3.05) is 0 Å². The monoisotopic (exact) mass is 320 g/mol. The number of hydrogen-bond donors (Lipinski definition) is 0. The molecule has 1 aromatic rings. The average Bonchev–Trinajstić information content (AvgIpc) is 2.68. The molecule has 0 aromatic heterocycles. The van der Waals surface area contributed by atoms with E-state index >= 15 is 0 Å². The van der Waals surface area contributed by atoms with Gasteiger partial charge in [-0.1, -0.05) is 0 Å². The minimum absolute atomic E-state index is 0.224. The van der Waals surface area contributed by atoms with Crippen molar-refractivity contribution in [1.82, 2.24) is 0 Å². The van der Waals surface area contributed by atoms with Gasteiger partial charge in [0.05, 0.1) is 0 Å². The topological polar surface area (TPSA) is 17.1 Å². The summed E-state index contributed by atoms with van der Waals surface area (Å²) in [4.78, 5) is 13.1. The summed E-state index contributed by atoms with van der Waals surface area (Å²) in [6.45, 7) is 8.62. The first-order valence-electron chi connectivity index (χ1n) is 6.99. The summed E-state index contributed by atoms with van der Waals surface area (Å²) in [6, 6.07) is 10.5. The quantitative estimate of drug-likeness (QED) is 0.605. The van der Waals surface area contributed by atoms with E-state index in [2.05, 4.69) is 44.7 Å². The molecule has 19 heavy (non-hydrogen) atoms. The molecule has 0 aliphatic heterocycles. The summed E-state index contributed by atoms with van der Waals surface area (Å²) in [5.41, 5.74) is 0.989. The molecular formula is C17H20OSe. The minimum atomic E-state index is -0.224. The van der Waals surface area contributed by atoms with Gasteiger partial charge in [0.25, 0.3) is 0 Å². The number of hydrogen-bond acceptors (Lipinski definition) is 1. The second kappa shape index (κ2) is 4.61. The molecule has 4 atom stereocenters. The summed E-state index contributed by atoms with van der Waals surface area (Å²) in [6.07, 6.45) is 2.17. The van der Waals surface area contributed by atoms with Gasteiger partial charge in [0, 0.05) is 0 Å². The zero-order valence-corrected chi connectivity index (χ0v) is 13.3. The van der Waals surface area contributed by atoms with Crippen LogP contribution >= 0.6 is 0 Å². The van der Waals surface area contributed by atoms with Gasteiger partial charge in [-0.3, -0.25) is 0 Å². The summed E-state index contributed by atoms with van der Waals surface area (Å²) >= 11 is 0.252. The van der Waals surface area contributed by atoms with Gasteiger partial charge in [-0.25, -0.2) is 0 Å². The van der Waals surface area contributed by atoms with Gasteiger partial charge in [0.2, 0.25) is 0 Å². The average molecular weight is 319 g/mol. The van der Waals surface area contributed by atoms with E-state index in [-0.39, 0.29) is 25.2 Å². The Labute approximate surface area is 121 Å². The number of carbonyl (C=O) groups excluding carboxylic acids is 1. The Bertz CT molecular complexity index is 521. The van der Waals surface area contributed by atoms with Gasteiger partial charge in [-0.2, -0.15) is 0 Å². The van der Waals surface area contributed by atoms with E-state index in [0.717, 1.165) is 12.8 Å². The number of Topliss-reactive ketones (excluding diaryl/α,β-unsaturated/α-hetero) is 1. The molecule has 2 aliphatic carbocycles. The Balaban J connectivity index is 1.90. The van der Waals surface area contributed by atoms with Crippen molar-refractivity contribution >= 4 is 25.2 Å². The Hall–Kier alpha value is -0.851. The van der Waals surface area contributed by atoms with Gasteiger partial charge in [-0.15, -0.1) is 0 Å². The molecule has 2 aliphatic rings. The predicted octanol–water partition coefficient (Wildman–Crippen LogP) is 3.00. The van der Waals surface area contributed by atoms with Crippen LogP contribution in [0.5, 0.6) is 0 Å². The van der Waals surface area contributed by atoms with Crippen molar-refractivity contribution in [2.45, 2.75) is 31.5 Å². The Morgan fingerprint density at radius 2 is 2.00 bits per heavy atom. The van der Waals surface area contributed by atoms with E-state index in [1.807, 2.05) is 6.07 Å². The fourth-order valence-corrected chi connectivity index (χ4v) is 6.51. The first kappa shape index (κ1) is 13.1. The summed E-state index contributed by atoms with van der Waals surface area (Å²) in [5, 5.41) is 0. The molecule has 0 amide bonds. The van der Waals surface area contributed by atoms with E-state index in [4.69, 9.17) is 0 Å². The van der Waals surface area contributed by atoms with Gasteiger partial charge < -0.3 is 0 Å². The van der Waals surface area contributed by atoms with Gasteiger partial charge >= 0.3 is 121 Å². The van der Waals surface area contributed by atoms with Crippen molar-refractivity contribution in [3.63, 3.8) is 0 Å². The third-order valence-corrected chi connectivity index (χ3v) is 8.06. The molecule has 0 spiro atoms. The van der Waals surface area contributed by atoms with Gasteiger partial charge in [0.1, 0.15) is 0 Å². The number of rotatable bonds is 2. The van der Waals surface area contributed by atoms with Crippen molar-refractivity contribution in [3.05, 3.63) is 42.5 Å². The maximum atomic E-state index is 12.9. The SMILES string of the molecule is C=C1[C@H]2CC[C@]1(C)C(=O)[C@@H]([Se]c1ccccc1)[C@@H]2C. The fourth-order valence-electron chi connectivity index (χ4n) is 3.62. The standard InChI is InChI=1S/C17H20OSe/c1-11-14-9-10-17(3,12(14)2)16(18)15(11)19-13-7-5-4-6-8-13/h4-8,11,14-15H,2,9-10H2,1,3H3/t11-,14+,15+,17+/m1/s1.